The Kier molecular flexibility index (Phi) is 4.74. The van der Waals surface area contributed by atoms with E-state index in [1.165, 1.54) is 12.4 Å². The summed E-state index contributed by atoms with van der Waals surface area (Å²) in [5, 5.41) is 4.17. The van der Waals surface area contributed by atoms with Crippen molar-refractivity contribution in [3.05, 3.63) is 54.2 Å². The molecule has 1 saturated heterocycles. The summed E-state index contributed by atoms with van der Waals surface area (Å²) in [4.78, 5) is 14.0. The molecule has 3 aromatic heterocycles. The van der Waals surface area contributed by atoms with Crippen molar-refractivity contribution in [2.45, 2.75) is 19.0 Å². The first-order valence-corrected chi connectivity index (χ1v) is 8.97. The zero-order valence-corrected chi connectivity index (χ0v) is 15.3. The number of anilines is 1. The van der Waals surface area contributed by atoms with Crippen molar-refractivity contribution < 1.29 is 13.2 Å². The molecular weight excluding hydrogens is 369 g/mol. The fourth-order valence-electron chi connectivity index (χ4n) is 3.49. The Morgan fingerprint density at radius 1 is 1.18 bits per heavy atom. The second kappa shape index (κ2) is 7.21. The van der Waals surface area contributed by atoms with Gasteiger partial charge in [0.25, 0.3) is 0 Å². The number of hydrogen-bond donors (Lipinski definition) is 0. The largest absolute Gasteiger partial charge is 0.433 e. The van der Waals surface area contributed by atoms with E-state index < -0.39 is 11.9 Å². The standard InChI is InChI=1S/C19H19F3N6/c1-27-11-14(10-24-27)8-13-4-7-28(12-13)17-9-16(19(20,21)22)25-18(26-17)15-2-5-23-6-3-15/h2-3,5-6,9-11,13H,4,7-8,12H2,1H3. The minimum absolute atomic E-state index is 0.0583. The third-order valence-corrected chi connectivity index (χ3v) is 4.83. The minimum Gasteiger partial charge on any atom is -0.356 e. The molecule has 1 aliphatic rings. The van der Waals surface area contributed by atoms with Crippen LogP contribution in [-0.2, 0) is 19.6 Å². The monoisotopic (exact) mass is 388 g/mol. The van der Waals surface area contributed by atoms with Crippen LogP contribution in [0.5, 0.6) is 0 Å². The summed E-state index contributed by atoms with van der Waals surface area (Å²) in [7, 11) is 1.87. The molecule has 3 aromatic rings. The lowest BCUT2D eigenvalue weighted by Gasteiger charge is -2.20. The molecule has 1 fully saturated rings. The first-order chi connectivity index (χ1) is 13.4. The predicted octanol–water partition coefficient (Wildman–Crippen LogP) is 3.36. The van der Waals surface area contributed by atoms with Gasteiger partial charge in [-0.3, -0.25) is 9.67 Å². The molecule has 4 rings (SSSR count). The van der Waals surface area contributed by atoms with Crippen LogP contribution in [0.15, 0.2) is 43.0 Å². The number of aryl methyl sites for hydroxylation is 1. The summed E-state index contributed by atoms with van der Waals surface area (Å²) in [5.74, 6) is 0.712. The van der Waals surface area contributed by atoms with Crippen LogP contribution in [0.1, 0.15) is 17.7 Å². The number of halogens is 3. The Labute approximate surface area is 160 Å². The molecule has 1 aliphatic heterocycles. The number of hydrogen-bond acceptors (Lipinski definition) is 5. The third kappa shape index (κ3) is 3.97. The summed E-state index contributed by atoms with van der Waals surface area (Å²) >= 11 is 0. The van der Waals surface area contributed by atoms with E-state index in [0.29, 0.717) is 30.4 Å². The number of aromatic nitrogens is 5. The molecule has 0 spiro atoms. The highest BCUT2D eigenvalue weighted by molar-refractivity contribution is 5.57. The van der Waals surface area contributed by atoms with Crippen molar-refractivity contribution in [3.8, 4) is 11.4 Å². The number of nitrogens with zero attached hydrogens (tertiary/aromatic N) is 6. The highest BCUT2D eigenvalue weighted by Crippen LogP contribution is 2.33. The van der Waals surface area contributed by atoms with Gasteiger partial charge in [0.05, 0.1) is 6.20 Å². The molecule has 28 heavy (non-hydrogen) atoms. The van der Waals surface area contributed by atoms with Gasteiger partial charge in [-0.2, -0.15) is 18.3 Å². The van der Waals surface area contributed by atoms with E-state index in [4.69, 9.17) is 0 Å². The van der Waals surface area contributed by atoms with Crippen LogP contribution in [0.4, 0.5) is 19.0 Å². The molecule has 0 bridgehead atoms. The molecular formula is C19H19F3N6. The molecule has 1 atom stereocenters. The van der Waals surface area contributed by atoms with E-state index in [2.05, 4.69) is 20.1 Å². The Hall–Kier alpha value is -2.97. The SMILES string of the molecule is Cn1cc(CC2CCN(c3cc(C(F)(F)F)nc(-c4ccncc4)n3)C2)cn1. The minimum atomic E-state index is -4.53. The molecule has 0 N–H and O–H groups in total. The average Bonchev–Trinajstić information content (AvgIpc) is 3.31. The van der Waals surface area contributed by atoms with Gasteiger partial charge in [0.2, 0.25) is 0 Å². The number of rotatable bonds is 4. The Bertz CT molecular complexity index is 954. The van der Waals surface area contributed by atoms with Gasteiger partial charge in [0.15, 0.2) is 11.5 Å². The molecule has 0 aromatic carbocycles. The maximum Gasteiger partial charge on any atom is 0.433 e. The quantitative estimate of drug-likeness (QED) is 0.686. The predicted molar refractivity (Wildman–Crippen MR) is 97.5 cm³/mol. The van der Waals surface area contributed by atoms with E-state index in [1.54, 1.807) is 16.8 Å². The molecule has 9 heteroatoms. The molecule has 0 radical (unpaired) electrons. The van der Waals surface area contributed by atoms with E-state index in [9.17, 15) is 13.2 Å². The normalized spacial score (nSPS) is 17.3. The molecule has 0 saturated carbocycles. The van der Waals surface area contributed by atoms with E-state index in [0.717, 1.165) is 24.5 Å². The first kappa shape index (κ1) is 18.4. The maximum absolute atomic E-state index is 13.4. The fourth-order valence-corrected chi connectivity index (χ4v) is 3.49. The van der Waals surface area contributed by atoms with Gasteiger partial charge in [-0.15, -0.1) is 0 Å². The van der Waals surface area contributed by atoms with Gasteiger partial charge in [0, 0.05) is 50.4 Å². The van der Waals surface area contributed by atoms with Gasteiger partial charge in [-0.1, -0.05) is 0 Å². The summed E-state index contributed by atoms with van der Waals surface area (Å²) in [5.41, 5.74) is 0.707. The van der Waals surface area contributed by atoms with Crippen molar-refractivity contribution in [1.29, 1.82) is 0 Å². The highest BCUT2D eigenvalue weighted by atomic mass is 19.4. The van der Waals surface area contributed by atoms with Crippen LogP contribution in [0.25, 0.3) is 11.4 Å². The Morgan fingerprint density at radius 3 is 2.64 bits per heavy atom. The highest BCUT2D eigenvalue weighted by Gasteiger charge is 2.35. The van der Waals surface area contributed by atoms with Crippen molar-refractivity contribution in [3.63, 3.8) is 0 Å². The summed E-state index contributed by atoms with van der Waals surface area (Å²) < 4.78 is 41.9. The second-order valence-corrected chi connectivity index (χ2v) is 7.00. The molecule has 6 nitrogen and oxygen atoms in total. The molecule has 0 aliphatic carbocycles. The summed E-state index contributed by atoms with van der Waals surface area (Å²) in [6, 6.07) is 4.25. The van der Waals surface area contributed by atoms with E-state index in [1.807, 2.05) is 24.3 Å². The van der Waals surface area contributed by atoms with Gasteiger partial charge in [0.1, 0.15) is 5.82 Å². The van der Waals surface area contributed by atoms with Crippen LogP contribution in [0.2, 0.25) is 0 Å². The zero-order valence-electron chi connectivity index (χ0n) is 15.3. The van der Waals surface area contributed by atoms with Crippen LogP contribution >= 0.6 is 0 Å². The molecule has 0 amide bonds. The lowest BCUT2D eigenvalue weighted by Crippen LogP contribution is -2.23. The van der Waals surface area contributed by atoms with Gasteiger partial charge < -0.3 is 4.90 Å². The fraction of sp³-hybridized carbons (Fsp3) is 0.368. The van der Waals surface area contributed by atoms with Gasteiger partial charge in [-0.25, -0.2) is 9.97 Å². The van der Waals surface area contributed by atoms with Crippen LogP contribution < -0.4 is 4.90 Å². The number of alkyl halides is 3. The van der Waals surface area contributed by atoms with Crippen molar-refractivity contribution in [1.82, 2.24) is 24.7 Å². The lowest BCUT2D eigenvalue weighted by atomic mass is 10.0. The second-order valence-electron chi connectivity index (χ2n) is 7.00. The Balaban J connectivity index is 1.60. The van der Waals surface area contributed by atoms with Crippen molar-refractivity contribution >= 4 is 5.82 Å². The van der Waals surface area contributed by atoms with Crippen LogP contribution in [-0.4, -0.2) is 37.8 Å². The molecule has 4 heterocycles. The first-order valence-electron chi connectivity index (χ1n) is 8.97. The maximum atomic E-state index is 13.4. The number of pyridine rings is 1. The molecule has 1 unspecified atom stereocenters. The van der Waals surface area contributed by atoms with Crippen LogP contribution in [0.3, 0.4) is 0 Å². The van der Waals surface area contributed by atoms with E-state index in [-0.39, 0.29) is 5.82 Å². The van der Waals surface area contributed by atoms with Crippen LogP contribution in [0, 0.1) is 5.92 Å². The topological polar surface area (TPSA) is 59.7 Å². The van der Waals surface area contributed by atoms with Crippen molar-refractivity contribution in [2.24, 2.45) is 13.0 Å². The smallest absolute Gasteiger partial charge is 0.356 e. The summed E-state index contributed by atoms with van der Waals surface area (Å²) in [6.07, 6.45) is 4.03. The molecule has 146 valence electrons. The zero-order chi connectivity index (χ0) is 19.7. The lowest BCUT2D eigenvalue weighted by molar-refractivity contribution is -0.141. The van der Waals surface area contributed by atoms with Crippen molar-refractivity contribution in [2.75, 3.05) is 18.0 Å². The average molecular weight is 388 g/mol. The Morgan fingerprint density at radius 2 is 1.96 bits per heavy atom. The third-order valence-electron chi connectivity index (χ3n) is 4.83. The van der Waals surface area contributed by atoms with E-state index >= 15 is 0 Å². The van der Waals surface area contributed by atoms with Gasteiger partial charge in [-0.05, 0) is 36.5 Å². The van der Waals surface area contributed by atoms with Gasteiger partial charge >= 0.3 is 6.18 Å². The summed E-state index contributed by atoms with van der Waals surface area (Å²) in [6.45, 7) is 1.31.